The van der Waals surface area contributed by atoms with Crippen molar-refractivity contribution in [3.63, 3.8) is 0 Å². The maximum atomic E-state index is 5.54. The largest absolute Gasteiger partial charge is 0.486 e. The van der Waals surface area contributed by atoms with Crippen LogP contribution in [0, 0.1) is 0 Å². The third-order valence-corrected chi connectivity index (χ3v) is 4.81. The molecule has 0 saturated heterocycles. The first-order valence-electron chi connectivity index (χ1n) is 5.00. The standard InChI is InChI=1S/C11H8BrNO2S2/c12-10-6-16-11(13-10)17-7-1-2-8-9(5-7)15-4-3-14-8/h1-2,5-6H,3-4H2. The lowest BCUT2D eigenvalue weighted by molar-refractivity contribution is 0.171. The predicted octanol–water partition coefficient (Wildman–Crippen LogP) is 3.83. The topological polar surface area (TPSA) is 31.4 Å². The fraction of sp³-hybridized carbons (Fsp3) is 0.182. The third kappa shape index (κ3) is 2.59. The van der Waals surface area contributed by atoms with Crippen molar-refractivity contribution in [2.75, 3.05) is 13.2 Å². The van der Waals surface area contributed by atoms with E-state index in [2.05, 4.69) is 20.9 Å². The molecule has 1 aliphatic heterocycles. The van der Waals surface area contributed by atoms with Crippen LogP contribution in [0.2, 0.25) is 0 Å². The summed E-state index contributed by atoms with van der Waals surface area (Å²) in [4.78, 5) is 5.45. The molecule has 17 heavy (non-hydrogen) atoms. The molecule has 2 heterocycles. The summed E-state index contributed by atoms with van der Waals surface area (Å²) >= 11 is 6.58. The molecule has 1 aliphatic rings. The first kappa shape index (κ1) is 11.4. The zero-order valence-corrected chi connectivity index (χ0v) is 11.9. The minimum atomic E-state index is 0.615. The number of halogens is 1. The average Bonchev–Trinajstić information content (AvgIpc) is 2.75. The van der Waals surface area contributed by atoms with E-state index in [1.165, 1.54) is 0 Å². The van der Waals surface area contributed by atoms with Crippen LogP contribution in [-0.2, 0) is 0 Å². The van der Waals surface area contributed by atoms with Gasteiger partial charge in [0, 0.05) is 10.3 Å². The molecule has 0 radical (unpaired) electrons. The van der Waals surface area contributed by atoms with Gasteiger partial charge in [0.25, 0.3) is 0 Å². The Morgan fingerprint density at radius 2 is 2.06 bits per heavy atom. The Bertz CT molecular complexity index is 544. The van der Waals surface area contributed by atoms with Gasteiger partial charge in [-0.15, -0.1) is 11.3 Å². The molecule has 2 aromatic rings. The van der Waals surface area contributed by atoms with Gasteiger partial charge >= 0.3 is 0 Å². The van der Waals surface area contributed by atoms with Crippen LogP contribution in [0.15, 0.2) is 37.4 Å². The quantitative estimate of drug-likeness (QED) is 0.837. The lowest BCUT2D eigenvalue weighted by Gasteiger charge is -2.18. The molecule has 1 aromatic heterocycles. The fourth-order valence-corrected chi connectivity index (χ4v) is 3.84. The highest BCUT2D eigenvalue weighted by atomic mass is 79.9. The molecule has 88 valence electrons. The number of hydrogen-bond acceptors (Lipinski definition) is 5. The molecule has 0 amide bonds. The first-order chi connectivity index (χ1) is 8.31. The van der Waals surface area contributed by atoms with Crippen molar-refractivity contribution < 1.29 is 9.47 Å². The van der Waals surface area contributed by atoms with E-state index in [9.17, 15) is 0 Å². The maximum absolute atomic E-state index is 5.54. The van der Waals surface area contributed by atoms with Gasteiger partial charge in [-0.25, -0.2) is 4.98 Å². The van der Waals surface area contributed by atoms with E-state index in [0.29, 0.717) is 13.2 Å². The monoisotopic (exact) mass is 329 g/mol. The van der Waals surface area contributed by atoms with Gasteiger partial charge in [-0.1, -0.05) is 11.8 Å². The van der Waals surface area contributed by atoms with E-state index in [-0.39, 0.29) is 0 Å². The lowest BCUT2D eigenvalue weighted by atomic mass is 10.3. The summed E-state index contributed by atoms with van der Waals surface area (Å²) in [6.07, 6.45) is 0. The fourth-order valence-electron chi connectivity index (χ4n) is 1.47. The smallest absolute Gasteiger partial charge is 0.162 e. The molecule has 6 heteroatoms. The van der Waals surface area contributed by atoms with E-state index in [1.807, 2.05) is 23.6 Å². The van der Waals surface area contributed by atoms with Crippen LogP contribution in [0.4, 0.5) is 0 Å². The number of rotatable bonds is 2. The van der Waals surface area contributed by atoms with Gasteiger partial charge in [0.1, 0.15) is 17.8 Å². The summed E-state index contributed by atoms with van der Waals surface area (Å²) in [5.41, 5.74) is 0. The highest BCUT2D eigenvalue weighted by molar-refractivity contribution is 9.10. The van der Waals surface area contributed by atoms with Crippen LogP contribution < -0.4 is 9.47 Å². The summed E-state index contributed by atoms with van der Waals surface area (Å²) in [7, 11) is 0. The van der Waals surface area contributed by atoms with Gasteiger partial charge in [0.05, 0.1) is 0 Å². The minimum Gasteiger partial charge on any atom is -0.486 e. The maximum Gasteiger partial charge on any atom is 0.162 e. The minimum absolute atomic E-state index is 0.615. The second kappa shape index (κ2) is 4.88. The highest BCUT2D eigenvalue weighted by Gasteiger charge is 2.12. The molecule has 3 rings (SSSR count). The van der Waals surface area contributed by atoms with Crippen molar-refractivity contribution in [1.29, 1.82) is 0 Å². The molecule has 0 atom stereocenters. The normalized spacial score (nSPS) is 13.7. The molecule has 0 unspecified atom stereocenters. The van der Waals surface area contributed by atoms with Crippen molar-refractivity contribution in [3.8, 4) is 11.5 Å². The molecule has 0 aliphatic carbocycles. The molecular weight excluding hydrogens is 322 g/mol. The number of nitrogens with zero attached hydrogens (tertiary/aromatic N) is 1. The van der Waals surface area contributed by atoms with Crippen molar-refractivity contribution in [2.45, 2.75) is 9.24 Å². The van der Waals surface area contributed by atoms with Crippen LogP contribution in [0.3, 0.4) is 0 Å². The van der Waals surface area contributed by atoms with Crippen LogP contribution in [-0.4, -0.2) is 18.2 Å². The van der Waals surface area contributed by atoms with Gasteiger partial charge in [0.15, 0.2) is 15.8 Å². The van der Waals surface area contributed by atoms with E-state index in [4.69, 9.17) is 9.47 Å². The molecule has 0 N–H and O–H groups in total. The Kier molecular flexibility index (Phi) is 3.26. The molecule has 1 aromatic carbocycles. The molecule has 0 saturated carbocycles. The Hall–Kier alpha value is -0.720. The van der Waals surface area contributed by atoms with Gasteiger partial charge < -0.3 is 9.47 Å². The van der Waals surface area contributed by atoms with Crippen molar-refractivity contribution in [1.82, 2.24) is 4.98 Å². The van der Waals surface area contributed by atoms with Crippen molar-refractivity contribution in [2.24, 2.45) is 0 Å². The second-order valence-corrected chi connectivity index (χ2v) is 6.33. The Balaban J connectivity index is 1.84. The Morgan fingerprint density at radius 3 is 2.82 bits per heavy atom. The molecule has 3 nitrogen and oxygen atoms in total. The number of thiazole rings is 1. The van der Waals surface area contributed by atoms with Crippen molar-refractivity contribution in [3.05, 3.63) is 28.2 Å². The average molecular weight is 330 g/mol. The van der Waals surface area contributed by atoms with Gasteiger partial charge in [-0.3, -0.25) is 0 Å². The molecule has 0 spiro atoms. The van der Waals surface area contributed by atoms with Gasteiger partial charge in [-0.05, 0) is 34.1 Å². The lowest BCUT2D eigenvalue weighted by Crippen LogP contribution is -2.15. The number of benzene rings is 1. The Labute approximate surface area is 115 Å². The highest BCUT2D eigenvalue weighted by Crippen LogP contribution is 2.38. The molecule has 0 fully saturated rings. The zero-order chi connectivity index (χ0) is 11.7. The van der Waals surface area contributed by atoms with Crippen molar-refractivity contribution >= 4 is 39.0 Å². The molecular formula is C11H8BrNO2S2. The van der Waals surface area contributed by atoms with Crippen LogP contribution >= 0.6 is 39.0 Å². The zero-order valence-electron chi connectivity index (χ0n) is 8.68. The predicted molar refractivity (Wildman–Crippen MR) is 71.4 cm³/mol. The second-order valence-electron chi connectivity index (χ2n) is 3.34. The van der Waals surface area contributed by atoms with E-state index >= 15 is 0 Å². The number of fused-ring (bicyclic) bond motifs is 1. The van der Waals surface area contributed by atoms with E-state index in [1.54, 1.807) is 23.1 Å². The number of hydrogen-bond donors (Lipinski definition) is 0. The SMILES string of the molecule is Brc1csc(Sc2ccc3c(c2)OCCO3)n1. The number of ether oxygens (including phenoxy) is 2. The van der Waals surface area contributed by atoms with Gasteiger partial charge in [-0.2, -0.15) is 0 Å². The van der Waals surface area contributed by atoms with Crippen LogP contribution in [0.5, 0.6) is 11.5 Å². The summed E-state index contributed by atoms with van der Waals surface area (Å²) in [5.74, 6) is 1.64. The van der Waals surface area contributed by atoms with Gasteiger partial charge in [0.2, 0.25) is 0 Å². The molecule has 0 bridgehead atoms. The summed E-state index contributed by atoms with van der Waals surface area (Å²) in [5, 5.41) is 1.97. The van der Waals surface area contributed by atoms with E-state index in [0.717, 1.165) is 25.3 Å². The third-order valence-electron chi connectivity index (χ3n) is 2.17. The Morgan fingerprint density at radius 1 is 1.24 bits per heavy atom. The summed E-state index contributed by atoms with van der Waals surface area (Å²) in [6.45, 7) is 1.24. The number of aromatic nitrogens is 1. The van der Waals surface area contributed by atoms with Crippen LogP contribution in [0.1, 0.15) is 0 Å². The van der Waals surface area contributed by atoms with Crippen LogP contribution in [0.25, 0.3) is 0 Å². The van der Waals surface area contributed by atoms with E-state index < -0.39 is 0 Å². The first-order valence-corrected chi connectivity index (χ1v) is 7.49. The summed E-state index contributed by atoms with van der Waals surface area (Å²) < 4.78 is 12.9. The summed E-state index contributed by atoms with van der Waals surface area (Å²) in [6, 6.07) is 5.96.